The van der Waals surface area contributed by atoms with Gasteiger partial charge in [-0.05, 0) is 13.0 Å². The van der Waals surface area contributed by atoms with Crippen LogP contribution in [-0.4, -0.2) is 68.6 Å². The molecular weight excluding hydrogens is 210 g/mol. The Morgan fingerprint density at radius 1 is 1.25 bits per heavy atom. The van der Waals surface area contributed by atoms with E-state index in [0.29, 0.717) is 6.54 Å². The maximum absolute atomic E-state index is 10.1. The van der Waals surface area contributed by atoms with Gasteiger partial charge in [0, 0.05) is 32.7 Å². The van der Waals surface area contributed by atoms with Crippen molar-refractivity contribution in [2.45, 2.75) is 6.42 Å². The summed E-state index contributed by atoms with van der Waals surface area (Å²) in [6.07, 6.45) is -0.122. The molecular formula is C10H21N3O3. The zero-order valence-electron chi connectivity index (χ0n) is 9.57. The van der Waals surface area contributed by atoms with Crippen LogP contribution in [-0.2, 0) is 4.74 Å². The second-order valence-electron chi connectivity index (χ2n) is 3.79. The average molecular weight is 231 g/mol. The number of ether oxygens (including phenoxy) is 1. The minimum Gasteiger partial charge on any atom is -0.465 e. The summed E-state index contributed by atoms with van der Waals surface area (Å²) >= 11 is 0. The molecule has 94 valence electrons. The quantitative estimate of drug-likeness (QED) is 0.518. The highest BCUT2D eigenvalue weighted by Gasteiger charge is 2.08. The van der Waals surface area contributed by atoms with Crippen LogP contribution in [0.1, 0.15) is 6.42 Å². The predicted octanol–water partition coefficient (Wildman–Crippen LogP) is -0.434. The van der Waals surface area contributed by atoms with Crippen molar-refractivity contribution in [3.8, 4) is 0 Å². The maximum Gasteiger partial charge on any atom is 0.404 e. The molecule has 16 heavy (non-hydrogen) atoms. The fourth-order valence-electron chi connectivity index (χ4n) is 1.60. The van der Waals surface area contributed by atoms with Gasteiger partial charge in [0.05, 0.1) is 13.2 Å². The van der Waals surface area contributed by atoms with Gasteiger partial charge in [-0.25, -0.2) is 4.79 Å². The Morgan fingerprint density at radius 3 is 2.69 bits per heavy atom. The van der Waals surface area contributed by atoms with Crippen molar-refractivity contribution >= 4 is 6.09 Å². The standard InChI is InChI=1S/C10H21N3O3/c14-10(15)12-3-1-2-11-4-5-13-6-8-16-9-7-13/h11-12H,1-9H2,(H,14,15). The lowest BCUT2D eigenvalue weighted by atomic mass is 10.4. The summed E-state index contributed by atoms with van der Waals surface area (Å²) in [5.74, 6) is 0. The van der Waals surface area contributed by atoms with Crippen molar-refractivity contribution in [3.63, 3.8) is 0 Å². The molecule has 0 spiro atoms. The molecule has 0 aliphatic carbocycles. The van der Waals surface area contributed by atoms with Gasteiger partial charge >= 0.3 is 6.09 Å². The molecule has 1 heterocycles. The van der Waals surface area contributed by atoms with Crippen molar-refractivity contribution in [2.24, 2.45) is 0 Å². The normalized spacial score (nSPS) is 17.2. The summed E-state index contributed by atoms with van der Waals surface area (Å²) < 4.78 is 5.26. The molecule has 0 radical (unpaired) electrons. The van der Waals surface area contributed by atoms with Gasteiger partial charge in [-0.1, -0.05) is 0 Å². The zero-order valence-corrected chi connectivity index (χ0v) is 9.57. The molecule has 1 amide bonds. The number of carboxylic acid groups (broad SMARTS) is 1. The predicted molar refractivity (Wildman–Crippen MR) is 60.8 cm³/mol. The molecule has 1 fully saturated rings. The fourth-order valence-corrected chi connectivity index (χ4v) is 1.60. The lowest BCUT2D eigenvalue weighted by Gasteiger charge is -2.26. The molecule has 0 bridgehead atoms. The van der Waals surface area contributed by atoms with Crippen molar-refractivity contribution in [2.75, 3.05) is 52.5 Å². The van der Waals surface area contributed by atoms with Crippen LogP contribution < -0.4 is 10.6 Å². The first kappa shape index (κ1) is 13.2. The van der Waals surface area contributed by atoms with E-state index in [1.54, 1.807) is 0 Å². The monoisotopic (exact) mass is 231 g/mol. The number of morpholine rings is 1. The minimum absolute atomic E-state index is 0.514. The molecule has 3 N–H and O–H groups in total. The number of hydrogen-bond acceptors (Lipinski definition) is 4. The van der Waals surface area contributed by atoms with Gasteiger partial charge in [0.2, 0.25) is 0 Å². The van der Waals surface area contributed by atoms with E-state index in [-0.39, 0.29) is 0 Å². The topological polar surface area (TPSA) is 73.8 Å². The average Bonchev–Trinajstić information content (AvgIpc) is 2.29. The first-order valence-electron chi connectivity index (χ1n) is 5.76. The highest BCUT2D eigenvalue weighted by Crippen LogP contribution is 1.94. The van der Waals surface area contributed by atoms with E-state index in [4.69, 9.17) is 9.84 Å². The third-order valence-electron chi connectivity index (χ3n) is 2.52. The second kappa shape index (κ2) is 8.32. The van der Waals surface area contributed by atoms with Gasteiger partial charge in [-0.3, -0.25) is 4.90 Å². The molecule has 6 heteroatoms. The number of nitrogens with zero attached hydrogens (tertiary/aromatic N) is 1. The van der Waals surface area contributed by atoms with E-state index in [1.807, 2.05) is 0 Å². The van der Waals surface area contributed by atoms with Gasteiger partial charge in [0.25, 0.3) is 0 Å². The van der Waals surface area contributed by atoms with E-state index < -0.39 is 6.09 Å². The van der Waals surface area contributed by atoms with Crippen LogP contribution in [0.25, 0.3) is 0 Å². The Hall–Kier alpha value is -0.850. The molecule has 0 aromatic carbocycles. The Labute approximate surface area is 95.9 Å². The van der Waals surface area contributed by atoms with E-state index in [1.165, 1.54) is 0 Å². The third-order valence-corrected chi connectivity index (χ3v) is 2.52. The Kier molecular flexibility index (Phi) is 6.87. The molecule has 0 aromatic heterocycles. The summed E-state index contributed by atoms with van der Waals surface area (Å²) in [6, 6.07) is 0. The summed E-state index contributed by atoms with van der Waals surface area (Å²) in [4.78, 5) is 12.5. The number of nitrogens with one attached hydrogen (secondary N) is 2. The summed E-state index contributed by atoms with van der Waals surface area (Å²) in [5, 5.41) is 14.0. The van der Waals surface area contributed by atoms with Crippen molar-refractivity contribution in [1.82, 2.24) is 15.5 Å². The molecule has 0 saturated carbocycles. The highest BCUT2D eigenvalue weighted by atomic mass is 16.5. The largest absolute Gasteiger partial charge is 0.465 e. The van der Waals surface area contributed by atoms with E-state index in [0.717, 1.165) is 52.4 Å². The second-order valence-corrected chi connectivity index (χ2v) is 3.79. The molecule has 1 aliphatic rings. The van der Waals surface area contributed by atoms with Crippen molar-refractivity contribution in [3.05, 3.63) is 0 Å². The van der Waals surface area contributed by atoms with Crippen LogP contribution in [0.2, 0.25) is 0 Å². The van der Waals surface area contributed by atoms with Gasteiger partial charge in [-0.2, -0.15) is 0 Å². The maximum atomic E-state index is 10.1. The smallest absolute Gasteiger partial charge is 0.404 e. The Bertz CT molecular complexity index is 196. The minimum atomic E-state index is -0.951. The van der Waals surface area contributed by atoms with Crippen LogP contribution in [0.3, 0.4) is 0 Å². The van der Waals surface area contributed by atoms with E-state index in [2.05, 4.69) is 15.5 Å². The lowest BCUT2D eigenvalue weighted by Crippen LogP contribution is -2.40. The van der Waals surface area contributed by atoms with Gasteiger partial charge in [-0.15, -0.1) is 0 Å². The number of hydrogen-bond donors (Lipinski definition) is 3. The molecule has 6 nitrogen and oxygen atoms in total. The van der Waals surface area contributed by atoms with Crippen molar-refractivity contribution in [1.29, 1.82) is 0 Å². The fraction of sp³-hybridized carbons (Fsp3) is 0.900. The molecule has 0 atom stereocenters. The Balaban J connectivity index is 1.82. The van der Waals surface area contributed by atoms with Crippen LogP contribution in [0.4, 0.5) is 4.79 Å². The molecule has 0 aromatic rings. The molecule has 1 aliphatic heterocycles. The first-order valence-corrected chi connectivity index (χ1v) is 5.76. The van der Waals surface area contributed by atoms with Gasteiger partial charge < -0.3 is 20.5 Å². The van der Waals surface area contributed by atoms with Crippen LogP contribution in [0.15, 0.2) is 0 Å². The van der Waals surface area contributed by atoms with Gasteiger partial charge in [0.1, 0.15) is 0 Å². The van der Waals surface area contributed by atoms with Gasteiger partial charge in [0.15, 0.2) is 0 Å². The lowest BCUT2D eigenvalue weighted by molar-refractivity contribution is 0.0384. The zero-order chi connectivity index (χ0) is 11.6. The van der Waals surface area contributed by atoms with Crippen LogP contribution >= 0.6 is 0 Å². The van der Waals surface area contributed by atoms with Crippen molar-refractivity contribution < 1.29 is 14.6 Å². The third kappa shape index (κ3) is 6.60. The summed E-state index contributed by atoms with van der Waals surface area (Å²) in [7, 11) is 0. The molecule has 0 unspecified atom stereocenters. The summed E-state index contributed by atoms with van der Waals surface area (Å²) in [6.45, 7) is 7.06. The van der Waals surface area contributed by atoms with Crippen LogP contribution in [0, 0.1) is 0 Å². The van der Waals surface area contributed by atoms with E-state index >= 15 is 0 Å². The summed E-state index contributed by atoms with van der Waals surface area (Å²) in [5.41, 5.74) is 0. The number of amides is 1. The van der Waals surface area contributed by atoms with Crippen LogP contribution in [0.5, 0.6) is 0 Å². The SMILES string of the molecule is O=C(O)NCCCNCCN1CCOCC1. The Morgan fingerprint density at radius 2 is 2.00 bits per heavy atom. The van der Waals surface area contributed by atoms with E-state index in [9.17, 15) is 4.79 Å². The first-order chi connectivity index (χ1) is 7.79. The highest BCUT2D eigenvalue weighted by molar-refractivity contribution is 5.64. The molecule has 1 rings (SSSR count). The number of carbonyl (C=O) groups is 1. The number of rotatable bonds is 7. The molecule has 1 saturated heterocycles.